The van der Waals surface area contributed by atoms with Crippen LogP contribution < -0.4 is 9.47 Å². The summed E-state index contributed by atoms with van der Waals surface area (Å²) in [7, 11) is 1.63. The Kier molecular flexibility index (Phi) is 5.85. The van der Waals surface area contributed by atoms with Crippen LogP contribution in [0.1, 0.15) is 36.7 Å². The quantitative estimate of drug-likeness (QED) is 0.451. The van der Waals surface area contributed by atoms with Gasteiger partial charge in [-0.3, -0.25) is 0 Å². The summed E-state index contributed by atoms with van der Waals surface area (Å²) in [6.45, 7) is 6.68. The fourth-order valence-electron chi connectivity index (χ4n) is 2.62. The molecule has 1 aromatic carbocycles. The first-order valence-electron chi connectivity index (χ1n) is 8.91. The lowest BCUT2D eigenvalue weighted by Gasteiger charge is -2.11. The smallest absolute Gasteiger partial charge is 0.273 e. The van der Waals surface area contributed by atoms with Gasteiger partial charge >= 0.3 is 0 Å². The number of aromatic nitrogens is 5. The van der Waals surface area contributed by atoms with Gasteiger partial charge in [-0.05, 0) is 50.1 Å². The molecular formula is C19H24N6O2. The van der Waals surface area contributed by atoms with E-state index in [1.54, 1.807) is 29.0 Å². The van der Waals surface area contributed by atoms with Crippen molar-refractivity contribution in [1.82, 2.24) is 24.7 Å². The Morgan fingerprint density at radius 2 is 2.04 bits per heavy atom. The van der Waals surface area contributed by atoms with Gasteiger partial charge in [0, 0.05) is 5.69 Å². The highest BCUT2D eigenvalue weighted by molar-refractivity contribution is 5.80. The molecule has 27 heavy (non-hydrogen) atoms. The van der Waals surface area contributed by atoms with Gasteiger partial charge in [0.1, 0.15) is 6.33 Å². The lowest BCUT2D eigenvalue weighted by atomic mass is 10.2. The predicted octanol–water partition coefficient (Wildman–Crippen LogP) is 3.15. The molecule has 0 fully saturated rings. The van der Waals surface area contributed by atoms with Crippen molar-refractivity contribution in [3.63, 3.8) is 0 Å². The van der Waals surface area contributed by atoms with Gasteiger partial charge in [-0.15, -0.1) is 10.2 Å². The second kappa shape index (κ2) is 8.48. The molecule has 8 nitrogen and oxygen atoms in total. The van der Waals surface area contributed by atoms with E-state index in [0.717, 1.165) is 29.8 Å². The maximum Gasteiger partial charge on any atom is 0.273 e. The highest BCUT2D eigenvalue weighted by atomic mass is 16.5. The number of unbranched alkanes of at least 4 members (excludes halogenated alkanes) is 1. The van der Waals surface area contributed by atoms with Crippen molar-refractivity contribution >= 4 is 6.21 Å². The average molecular weight is 368 g/mol. The summed E-state index contributed by atoms with van der Waals surface area (Å²) in [6, 6.07) is 7.68. The van der Waals surface area contributed by atoms with E-state index >= 15 is 0 Å². The van der Waals surface area contributed by atoms with Crippen LogP contribution in [0.25, 0.3) is 5.95 Å². The van der Waals surface area contributed by atoms with Crippen LogP contribution in [0.2, 0.25) is 0 Å². The van der Waals surface area contributed by atoms with Crippen LogP contribution in [0.15, 0.2) is 35.7 Å². The Bertz CT molecular complexity index is 928. The predicted molar refractivity (Wildman–Crippen MR) is 103 cm³/mol. The van der Waals surface area contributed by atoms with E-state index in [1.807, 2.05) is 38.1 Å². The minimum absolute atomic E-state index is 0.532. The minimum Gasteiger partial charge on any atom is -0.493 e. The van der Waals surface area contributed by atoms with E-state index in [1.165, 1.54) is 0 Å². The Morgan fingerprint density at radius 3 is 2.74 bits per heavy atom. The fourth-order valence-corrected chi connectivity index (χ4v) is 2.62. The molecule has 2 heterocycles. The zero-order chi connectivity index (χ0) is 19.2. The minimum atomic E-state index is 0.532. The maximum atomic E-state index is 5.83. The summed E-state index contributed by atoms with van der Waals surface area (Å²) in [5.41, 5.74) is 2.76. The van der Waals surface area contributed by atoms with E-state index in [9.17, 15) is 0 Å². The molecule has 2 aromatic heterocycles. The molecule has 0 spiro atoms. The van der Waals surface area contributed by atoms with Crippen LogP contribution in [-0.4, -0.2) is 44.6 Å². The highest BCUT2D eigenvalue weighted by Gasteiger charge is 2.10. The number of methoxy groups -OCH3 is 1. The molecule has 0 amide bonds. The number of hydrogen-bond donors (Lipinski definition) is 0. The van der Waals surface area contributed by atoms with Crippen LogP contribution in [0.5, 0.6) is 11.5 Å². The van der Waals surface area contributed by atoms with Crippen LogP contribution in [0, 0.1) is 13.8 Å². The molecule has 0 aliphatic heterocycles. The van der Waals surface area contributed by atoms with Crippen LogP contribution in [0.4, 0.5) is 0 Å². The molecule has 0 saturated carbocycles. The Balaban J connectivity index is 1.83. The molecule has 8 heteroatoms. The Morgan fingerprint density at radius 1 is 1.19 bits per heavy atom. The van der Waals surface area contributed by atoms with Gasteiger partial charge in [0.05, 0.1) is 25.6 Å². The highest BCUT2D eigenvalue weighted by Crippen LogP contribution is 2.27. The monoisotopic (exact) mass is 368 g/mol. The van der Waals surface area contributed by atoms with Crippen molar-refractivity contribution in [2.75, 3.05) is 13.7 Å². The molecule has 0 radical (unpaired) electrons. The molecule has 0 aliphatic rings. The summed E-state index contributed by atoms with van der Waals surface area (Å²) < 4.78 is 14.5. The molecule has 0 saturated heterocycles. The van der Waals surface area contributed by atoms with Gasteiger partial charge < -0.3 is 9.47 Å². The molecule has 0 aliphatic carbocycles. The standard InChI is InChI=1S/C19H24N6O2/c1-5-6-9-27-18-11-16(7-8-17(18)26-4)12-21-24-13-20-22-19(24)25-15(3)10-14(2)23-25/h7-8,10-13H,5-6,9H2,1-4H3/b21-12-. The second-order valence-corrected chi connectivity index (χ2v) is 6.17. The van der Waals surface area contributed by atoms with Crippen LogP contribution in [0.3, 0.4) is 0 Å². The lowest BCUT2D eigenvalue weighted by molar-refractivity contribution is 0.288. The summed E-state index contributed by atoms with van der Waals surface area (Å²) in [4.78, 5) is 0. The summed E-state index contributed by atoms with van der Waals surface area (Å²) in [6.07, 6.45) is 5.34. The number of aryl methyl sites for hydroxylation is 2. The molecule has 0 unspecified atom stereocenters. The van der Waals surface area contributed by atoms with E-state index in [4.69, 9.17) is 9.47 Å². The first-order valence-corrected chi connectivity index (χ1v) is 8.91. The SMILES string of the molecule is CCCCOc1cc(/C=N\n2cnnc2-n2nc(C)cc2C)ccc1OC. The Hall–Kier alpha value is -3.16. The van der Waals surface area contributed by atoms with Crippen molar-refractivity contribution in [3.8, 4) is 17.4 Å². The molecule has 0 bridgehead atoms. The normalized spacial score (nSPS) is 11.3. The van der Waals surface area contributed by atoms with Gasteiger partial charge in [-0.2, -0.15) is 14.9 Å². The maximum absolute atomic E-state index is 5.83. The zero-order valence-corrected chi connectivity index (χ0v) is 16.1. The fraction of sp³-hybridized carbons (Fsp3) is 0.368. The molecule has 3 aromatic rings. The first kappa shape index (κ1) is 18.6. The first-order chi connectivity index (χ1) is 13.1. The number of benzene rings is 1. The zero-order valence-electron chi connectivity index (χ0n) is 16.1. The largest absolute Gasteiger partial charge is 0.493 e. The summed E-state index contributed by atoms with van der Waals surface area (Å²) in [5.74, 6) is 1.94. The second-order valence-electron chi connectivity index (χ2n) is 6.17. The van der Waals surface area contributed by atoms with E-state index < -0.39 is 0 Å². The van der Waals surface area contributed by atoms with Gasteiger partial charge in [0.2, 0.25) is 0 Å². The molecule has 3 rings (SSSR count). The molecule has 142 valence electrons. The number of ether oxygens (including phenoxy) is 2. The molecule has 0 atom stereocenters. The topological polar surface area (TPSA) is 79.4 Å². The Labute approximate surface area is 158 Å². The van der Waals surface area contributed by atoms with Crippen molar-refractivity contribution < 1.29 is 9.47 Å². The lowest BCUT2D eigenvalue weighted by Crippen LogP contribution is -2.06. The third kappa shape index (κ3) is 4.33. The summed E-state index contributed by atoms with van der Waals surface area (Å²) in [5, 5.41) is 17.0. The van der Waals surface area contributed by atoms with E-state index in [0.29, 0.717) is 24.1 Å². The third-order valence-corrected chi connectivity index (χ3v) is 3.99. The van der Waals surface area contributed by atoms with Crippen molar-refractivity contribution in [3.05, 3.63) is 47.5 Å². The number of rotatable bonds is 8. The average Bonchev–Trinajstić information content (AvgIpc) is 3.25. The molecular weight excluding hydrogens is 344 g/mol. The summed E-state index contributed by atoms with van der Waals surface area (Å²) >= 11 is 0. The number of nitrogens with zero attached hydrogens (tertiary/aromatic N) is 6. The number of hydrogen-bond acceptors (Lipinski definition) is 6. The van der Waals surface area contributed by atoms with Gasteiger partial charge in [0.15, 0.2) is 11.5 Å². The van der Waals surface area contributed by atoms with Gasteiger partial charge in [-0.25, -0.2) is 4.68 Å². The van der Waals surface area contributed by atoms with Crippen molar-refractivity contribution in [2.24, 2.45) is 5.10 Å². The third-order valence-electron chi connectivity index (χ3n) is 3.99. The van der Waals surface area contributed by atoms with Crippen LogP contribution in [-0.2, 0) is 0 Å². The van der Waals surface area contributed by atoms with Crippen molar-refractivity contribution in [1.29, 1.82) is 0 Å². The van der Waals surface area contributed by atoms with Gasteiger partial charge in [0.25, 0.3) is 5.95 Å². The van der Waals surface area contributed by atoms with E-state index in [-0.39, 0.29) is 0 Å². The van der Waals surface area contributed by atoms with Gasteiger partial charge in [-0.1, -0.05) is 13.3 Å². The molecule has 0 N–H and O–H groups in total. The van der Waals surface area contributed by atoms with E-state index in [2.05, 4.69) is 27.3 Å². The van der Waals surface area contributed by atoms with Crippen molar-refractivity contribution in [2.45, 2.75) is 33.6 Å². The van der Waals surface area contributed by atoms with Crippen LogP contribution >= 0.6 is 0 Å².